The number of ether oxygens (including phenoxy) is 1. The maximum absolute atomic E-state index is 13.1. The molecule has 0 saturated carbocycles. The highest BCUT2D eigenvalue weighted by Gasteiger charge is 2.17. The van der Waals surface area contributed by atoms with Gasteiger partial charge in [0.25, 0.3) is 5.56 Å². The molecule has 1 aliphatic heterocycles. The van der Waals surface area contributed by atoms with E-state index in [9.17, 15) is 9.59 Å². The molecule has 2 heterocycles. The van der Waals surface area contributed by atoms with Gasteiger partial charge in [-0.25, -0.2) is 4.79 Å². The van der Waals surface area contributed by atoms with Gasteiger partial charge in [-0.2, -0.15) is 0 Å². The van der Waals surface area contributed by atoms with E-state index >= 15 is 0 Å². The van der Waals surface area contributed by atoms with Crippen LogP contribution in [0.2, 0.25) is 0 Å². The van der Waals surface area contributed by atoms with Crippen LogP contribution < -0.4 is 10.9 Å². The van der Waals surface area contributed by atoms with Crippen LogP contribution in [0.5, 0.6) is 0 Å². The van der Waals surface area contributed by atoms with Gasteiger partial charge in [-0.3, -0.25) is 9.69 Å². The summed E-state index contributed by atoms with van der Waals surface area (Å²) in [6.07, 6.45) is 0.837. The predicted octanol–water partition coefficient (Wildman–Crippen LogP) is 3.27. The van der Waals surface area contributed by atoms with Crippen LogP contribution in [0.15, 0.2) is 59.4 Å². The van der Waals surface area contributed by atoms with Crippen molar-refractivity contribution in [3.63, 3.8) is 0 Å². The zero-order valence-electron chi connectivity index (χ0n) is 19.2. The summed E-state index contributed by atoms with van der Waals surface area (Å²) < 4.78 is 5.42. The summed E-state index contributed by atoms with van der Waals surface area (Å²) in [6, 6.07) is 17.6. The summed E-state index contributed by atoms with van der Waals surface area (Å²) >= 11 is 0. The largest absolute Gasteiger partial charge is 0.379 e. The number of rotatable bonds is 8. The molecule has 0 spiro atoms. The van der Waals surface area contributed by atoms with Gasteiger partial charge in [0, 0.05) is 43.8 Å². The Morgan fingerprint density at radius 2 is 1.91 bits per heavy atom. The molecule has 3 aromatic rings. The molecule has 4 rings (SSSR count). The van der Waals surface area contributed by atoms with Crippen LogP contribution in [0.25, 0.3) is 10.9 Å². The highest BCUT2D eigenvalue weighted by molar-refractivity contribution is 5.80. The monoisotopic (exact) mass is 448 g/mol. The molecule has 174 valence electrons. The Labute approximate surface area is 194 Å². The molecule has 0 atom stereocenters. The minimum Gasteiger partial charge on any atom is -0.379 e. The second-order valence-corrected chi connectivity index (χ2v) is 8.59. The number of carbonyl (C=O) groups excluding carboxylic acids is 1. The van der Waals surface area contributed by atoms with Crippen molar-refractivity contribution in [3.05, 3.63) is 81.6 Å². The molecule has 2 amide bonds. The number of nitrogens with one attached hydrogen (secondary N) is 2. The van der Waals surface area contributed by atoms with Crippen molar-refractivity contribution in [2.45, 2.75) is 26.4 Å². The van der Waals surface area contributed by atoms with Crippen molar-refractivity contribution < 1.29 is 9.53 Å². The van der Waals surface area contributed by atoms with Crippen LogP contribution in [0.3, 0.4) is 0 Å². The summed E-state index contributed by atoms with van der Waals surface area (Å²) in [7, 11) is 0. The van der Waals surface area contributed by atoms with E-state index in [1.165, 1.54) is 0 Å². The fourth-order valence-electron chi connectivity index (χ4n) is 4.13. The number of aryl methyl sites for hydroxylation is 1. The van der Waals surface area contributed by atoms with Crippen molar-refractivity contribution in [3.8, 4) is 0 Å². The highest BCUT2D eigenvalue weighted by Crippen LogP contribution is 2.14. The number of urea groups is 1. The number of hydrogen-bond donors (Lipinski definition) is 2. The zero-order valence-corrected chi connectivity index (χ0v) is 19.2. The summed E-state index contributed by atoms with van der Waals surface area (Å²) in [5.41, 5.74) is 3.39. The average Bonchev–Trinajstić information content (AvgIpc) is 2.83. The molecular formula is C26H32N4O3. The Morgan fingerprint density at radius 3 is 2.70 bits per heavy atom. The molecule has 1 saturated heterocycles. The van der Waals surface area contributed by atoms with Crippen LogP contribution >= 0.6 is 0 Å². The molecule has 7 heteroatoms. The maximum Gasteiger partial charge on any atom is 0.317 e. The lowest BCUT2D eigenvalue weighted by Crippen LogP contribution is -2.42. The third-order valence-electron chi connectivity index (χ3n) is 6.02. The fraction of sp³-hybridized carbons (Fsp3) is 0.385. The molecule has 33 heavy (non-hydrogen) atoms. The smallest absolute Gasteiger partial charge is 0.317 e. The minimum atomic E-state index is -0.163. The first-order valence-corrected chi connectivity index (χ1v) is 11.6. The first-order chi connectivity index (χ1) is 16.1. The molecule has 2 N–H and O–H groups in total. The Bertz CT molecular complexity index is 1120. The third-order valence-corrected chi connectivity index (χ3v) is 6.02. The van der Waals surface area contributed by atoms with Crippen LogP contribution in [0, 0.1) is 6.92 Å². The van der Waals surface area contributed by atoms with Gasteiger partial charge in [0.15, 0.2) is 0 Å². The van der Waals surface area contributed by atoms with Crippen LogP contribution in [-0.2, 0) is 17.8 Å². The molecule has 0 unspecified atom stereocenters. The molecule has 1 aromatic heterocycles. The standard InChI is InChI=1S/C26H32N4O3/c1-20-8-9-22-17-23(25(31)28-24(22)16-20)19-30(11-5-10-29-12-14-33-15-13-29)26(32)27-18-21-6-3-2-4-7-21/h2-4,6-9,16-17H,5,10-15,18-19H2,1H3,(H,27,32)(H,28,31). The van der Waals surface area contributed by atoms with Crippen LogP contribution in [0.4, 0.5) is 4.79 Å². The van der Waals surface area contributed by atoms with E-state index in [0.29, 0.717) is 18.7 Å². The fourth-order valence-corrected chi connectivity index (χ4v) is 4.13. The number of aromatic nitrogens is 1. The number of hydrogen-bond acceptors (Lipinski definition) is 4. The molecule has 0 aliphatic carbocycles. The first kappa shape index (κ1) is 23.0. The topological polar surface area (TPSA) is 77.7 Å². The van der Waals surface area contributed by atoms with Gasteiger partial charge < -0.3 is 19.9 Å². The number of pyridine rings is 1. The zero-order chi connectivity index (χ0) is 23.0. The van der Waals surface area contributed by atoms with Gasteiger partial charge in [-0.05, 0) is 42.0 Å². The molecular weight excluding hydrogens is 416 g/mol. The highest BCUT2D eigenvalue weighted by atomic mass is 16.5. The van der Waals surface area contributed by atoms with Gasteiger partial charge in [0.05, 0.1) is 19.8 Å². The summed E-state index contributed by atoms with van der Waals surface area (Å²) in [5.74, 6) is 0. The Hall–Kier alpha value is -3.16. The van der Waals surface area contributed by atoms with Gasteiger partial charge in [0.1, 0.15) is 0 Å². The quantitative estimate of drug-likeness (QED) is 0.555. The van der Waals surface area contributed by atoms with E-state index < -0.39 is 0 Å². The predicted molar refractivity (Wildman–Crippen MR) is 130 cm³/mol. The number of nitrogens with zero attached hydrogens (tertiary/aromatic N) is 2. The minimum absolute atomic E-state index is 0.151. The lowest BCUT2D eigenvalue weighted by atomic mass is 10.1. The van der Waals surface area contributed by atoms with Crippen molar-refractivity contribution in [1.29, 1.82) is 0 Å². The molecule has 0 bridgehead atoms. The number of amides is 2. The SMILES string of the molecule is Cc1ccc2cc(CN(CCCN3CCOCC3)C(=O)NCc3ccccc3)c(=O)[nH]c2c1. The van der Waals surface area contributed by atoms with Crippen molar-refractivity contribution in [1.82, 2.24) is 20.1 Å². The summed E-state index contributed by atoms with van der Waals surface area (Å²) in [4.78, 5) is 32.9. The number of benzene rings is 2. The van der Waals surface area contributed by atoms with E-state index in [4.69, 9.17) is 4.74 Å². The number of morpholine rings is 1. The second-order valence-electron chi connectivity index (χ2n) is 8.59. The van der Waals surface area contributed by atoms with E-state index in [-0.39, 0.29) is 18.1 Å². The first-order valence-electron chi connectivity index (χ1n) is 11.6. The molecule has 1 fully saturated rings. The van der Waals surface area contributed by atoms with Gasteiger partial charge in [-0.1, -0.05) is 42.5 Å². The molecule has 1 aliphatic rings. The number of carbonyl (C=O) groups is 1. The normalized spacial score (nSPS) is 14.3. The lowest BCUT2D eigenvalue weighted by Gasteiger charge is -2.28. The lowest BCUT2D eigenvalue weighted by molar-refractivity contribution is 0.0364. The second kappa shape index (κ2) is 11.1. The van der Waals surface area contributed by atoms with Gasteiger partial charge in [-0.15, -0.1) is 0 Å². The van der Waals surface area contributed by atoms with E-state index in [2.05, 4.69) is 15.2 Å². The Kier molecular flexibility index (Phi) is 7.75. The maximum atomic E-state index is 13.1. The summed E-state index contributed by atoms with van der Waals surface area (Å²) in [6.45, 7) is 7.55. The number of aromatic amines is 1. The van der Waals surface area contributed by atoms with Crippen molar-refractivity contribution >= 4 is 16.9 Å². The van der Waals surface area contributed by atoms with Crippen molar-refractivity contribution in [2.75, 3.05) is 39.4 Å². The number of fused-ring (bicyclic) bond motifs is 1. The van der Waals surface area contributed by atoms with Crippen molar-refractivity contribution in [2.24, 2.45) is 0 Å². The number of H-pyrrole nitrogens is 1. The molecule has 2 aromatic carbocycles. The average molecular weight is 449 g/mol. The van der Waals surface area contributed by atoms with Gasteiger partial charge in [0.2, 0.25) is 0 Å². The Morgan fingerprint density at radius 1 is 1.12 bits per heavy atom. The van der Waals surface area contributed by atoms with Gasteiger partial charge >= 0.3 is 6.03 Å². The van der Waals surface area contributed by atoms with E-state index in [1.54, 1.807) is 4.90 Å². The molecule has 0 radical (unpaired) electrons. The molecule has 7 nitrogen and oxygen atoms in total. The Balaban J connectivity index is 1.46. The van der Waals surface area contributed by atoms with E-state index in [0.717, 1.165) is 61.3 Å². The summed E-state index contributed by atoms with van der Waals surface area (Å²) in [5, 5.41) is 3.98. The van der Waals surface area contributed by atoms with E-state index in [1.807, 2.05) is 61.5 Å². The third kappa shape index (κ3) is 6.43. The van der Waals surface area contributed by atoms with Crippen LogP contribution in [0.1, 0.15) is 23.1 Å². The van der Waals surface area contributed by atoms with Crippen LogP contribution in [-0.4, -0.2) is 60.2 Å².